The Bertz CT molecular complexity index is 201. The number of hydrogen-bond acceptors (Lipinski definition) is 3. The lowest BCUT2D eigenvalue weighted by atomic mass is 9.95. The summed E-state index contributed by atoms with van der Waals surface area (Å²) >= 11 is 0. The van der Waals surface area contributed by atoms with Gasteiger partial charge in [-0.3, -0.25) is 0 Å². The minimum Gasteiger partial charge on any atom is -0.463 e. The van der Waals surface area contributed by atoms with E-state index in [0.29, 0.717) is 0 Å². The molecule has 1 rings (SSSR count). The van der Waals surface area contributed by atoms with Gasteiger partial charge in [-0.1, -0.05) is 0 Å². The van der Waals surface area contributed by atoms with Crippen LogP contribution in [0.25, 0.3) is 0 Å². The zero-order chi connectivity index (χ0) is 9.41. The predicted octanol–water partition coefficient (Wildman–Crippen LogP) is 0.617. The standard InChI is InChI=1S/C6H7F3O3/c7-6(8,9)5(11)2-1-3-12-4(5)10/h11H,1-3H2. The van der Waals surface area contributed by atoms with Crippen LogP contribution in [0.1, 0.15) is 12.8 Å². The van der Waals surface area contributed by atoms with Crippen LogP contribution in [0.5, 0.6) is 0 Å². The fourth-order valence-electron chi connectivity index (χ4n) is 0.972. The van der Waals surface area contributed by atoms with Crippen molar-refractivity contribution >= 4 is 5.97 Å². The van der Waals surface area contributed by atoms with Crippen molar-refractivity contribution in [2.75, 3.05) is 6.61 Å². The maximum atomic E-state index is 12.0. The molecule has 0 radical (unpaired) electrons. The molecule has 0 spiro atoms. The highest BCUT2D eigenvalue weighted by molar-refractivity contribution is 5.80. The Morgan fingerprint density at radius 3 is 2.42 bits per heavy atom. The molecule has 1 unspecified atom stereocenters. The fraction of sp³-hybridized carbons (Fsp3) is 0.833. The second kappa shape index (κ2) is 2.62. The number of ether oxygens (including phenoxy) is 1. The molecule has 1 aliphatic heterocycles. The van der Waals surface area contributed by atoms with Crippen LogP contribution in [0.15, 0.2) is 0 Å². The maximum absolute atomic E-state index is 12.0. The van der Waals surface area contributed by atoms with Crippen molar-refractivity contribution in [3.8, 4) is 0 Å². The van der Waals surface area contributed by atoms with Crippen LogP contribution in [0.4, 0.5) is 13.2 Å². The molecule has 6 heteroatoms. The summed E-state index contributed by atoms with van der Waals surface area (Å²) < 4.78 is 40.2. The zero-order valence-electron chi connectivity index (χ0n) is 6.02. The molecule has 1 N–H and O–H groups in total. The molecule has 0 bridgehead atoms. The highest BCUT2D eigenvalue weighted by atomic mass is 19.4. The van der Waals surface area contributed by atoms with Gasteiger partial charge in [-0.15, -0.1) is 0 Å². The molecule has 1 fully saturated rings. The highest BCUT2D eigenvalue weighted by Crippen LogP contribution is 2.37. The topological polar surface area (TPSA) is 46.5 Å². The van der Waals surface area contributed by atoms with E-state index in [2.05, 4.69) is 4.74 Å². The summed E-state index contributed by atoms with van der Waals surface area (Å²) in [5, 5.41) is 8.88. The summed E-state index contributed by atoms with van der Waals surface area (Å²) in [6.45, 7) is -0.0583. The van der Waals surface area contributed by atoms with E-state index in [1.54, 1.807) is 0 Å². The summed E-state index contributed by atoms with van der Waals surface area (Å²) in [5.41, 5.74) is -3.29. The number of halogens is 3. The van der Waals surface area contributed by atoms with E-state index >= 15 is 0 Å². The average Bonchev–Trinajstić information content (AvgIpc) is 1.93. The van der Waals surface area contributed by atoms with Crippen LogP contribution in [0.3, 0.4) is 0 Å². The Labute approximate surface area is 66.1 Å². The first-order valence-electron chi connectivity index (χ1n) is 3.34. The molecular weight excluding hydrogens is 177 g/mol. The highest BCUT2D eigenvalue weighted by Gasteiger charge is 2.61. The van der Waals surface area contributed by atoms with E-state index in [4.69, 9.17) is 5.11 Å². The maximum Gasteiger partial charge on any atom is 0.428 e. The van der Waals surface area contributed by atoms with Gasteiger partial charge in [0.1, 0.15) is 0 Å². The first-order chi connectivity index (χ1) is 5.38. The number of hydrogen-bond donors (Lipinski definition) is 1. The van der Waals surface area contributed by atoms with E-state index in [0.717, 1.165) is 0 Å². The van der Waals surface area contributed by atoms with Gasteiger partial charge < -0.3 is 9.84 Å². The molecule has 1 aliphatic rings. The van der Waals surface area contributed by atoms with Gasteiger partial charge in [0.25, 0.3) is 5.60 Å². The van der Waals surface area contributed by atoms with Gasteiger partial charge in [-0.25, -0.2) is 4.79 Å². The molecule has 12 heavy (non-hydrogen) atoms. The SMILES string of the molecule is O=C1OCCCC1(O)C(F)(F)F. The summed E-state index contributed by atoms with van der Waals surface area (Å²) in [6, 6.07) is 0. The minimum atomic E-state index is -4.94. The zero-order valence-corrected chi connectivity index (χ0v) is 6.02. The number of rotatable bonds is 0. The molecule has 0 aromatic heterocycles. The van der Waals surface area contributed by atoms with E-state index in [-0.39, 0.29) is 13.0 Å². The Balaban J connectivity index is 2.87. The number of carbonyl (C=O) groups is 1. The number of cyclic esters (lactones) is 1. The number of esters is 1. The molecule has 0 aliphatic carbocycles. The third-order valence-electron chi connectivity index (χ3n) is 1.72. The van der Waals surface area contributed by atoms with Crippen molar-refractivity contribution in [3.63, 3.8) is 0 Å². The molecule has 0 amide bonds. The van der Waals surface area contributed by atoms with Crippen LogP contribution in [-0.2, 0) is 9.53 Å². The quantitative estimate of drug-likeness (QED) is 0.561. The van der Waals surface area contributed by atoms with Gasteiger partial charge in [0, 0.05) is 0 Å². The predicted molar refractivity (Wildman–Crippen MR) is 31.2 cm³/mol. The fourth-order valence-corrected chi connectivity index (χ4v) is 0.972. The van der Waals surface area contributed by atoms with Gasteiger partial charge in [0.2, 0.25) is 0 Å². The van der Waals surface area contributed by atoms with E-state index in [9.17, 15) is 18.0 Å². The summed E-state index contributed by atoms with van der Waals surface area (Å²) in [4.78, 5) is 10.6. The van der Waals surface area contributed by atoms with E-state index < -0.39 is 24.2 Å². The van der Waals surface area contributed by atoms with Crippen LogP contribution in [0, 0.1) is 0 Å². The minimum absolute atomic E-state index is 0.0295. The molecule has 0 saturated carbocycles. The normalized spacial score (nSPS) is 31.5. The van der Waals surface area contributed by atoms with Crippen molar-refractivity contribution in [3.05, 3.63) is 0 Å². The van der Waals surface area contributed by atoms with Crippen molar-refractivity contribution in [2.24, 2.45) is 0 Å². The Hall–Kier alpha value is -0.780. The largest absolute Gasteiger partial charge is 0.463 e. The molecule has 3 nitrogen and oxygen atoms in total. The van der Waals surface area contributed by atoms with Gasteiger partial charge in [-0.05, 0) is 12.8 Å². The van der Waals surface area contributed by atoms with Crippen molar-refractivity contribution in [1.82, 2.24) is 0 Å². The lowest BCUT2D eigenvalue weighted by molar-refractivity contribution is -0.271. The second-order valence-electron chi connectivity index (χ2n) is 2.60. The Morgan fingerprint density at radius 2 is 2.08 bits per heavy atom. The van der Waals surface area contributed by atoms with Crippen LogP contribution in [0.2, 0.25) is 0 Å². The van der Waals surface area contributed by atoms with Gasteiger partial charge in [-0.2, -0.15) is 13.2 Å². The van der Waals surface area contributed by atoms with Gasteiger partial charge in [0.05, 0.1) is 6.61 Å². The number of aliphatic hydroxyl groups is 1. The van der Waals surface area contributed by atoms with Crippen LogP contribution >= 0.6 is 0 Å². The van der Waals surface area contributed by atoms with Crippen LogP contribution in [-0.4, -0.2) is 29.5 Å². The lowest BCUT2D eigenvalue weighted by Crippen LogP contribution is -2.55. The molecule has 0 aromatic carbocycles. The number of carbonyl (C=O) groups excluding carboxylic acids is 1. The van der Waals surface area contributed by atoms with Crippen LogP contribution < -0.4 is 0 Å². The average molecular weight is 184 g/mol. The lowest BCUT2D eigenvalue weighted by Gasteiger charge is -2.31. The monoisotopic (exact) mass is 184 g/mol. The molecule has 70 valence electrons. The molecule has 0 aromatic rings. The van der Waals surface area contributed by atoms with Crippen molar-refractivity contribution < 1.29 is 27.8 Å². The first-order valence-corrected chi connectivity index (χ1v) is 3.34. The summed E-state index contributed by atoms with van der Waals surface area (Å²) in [6.07, 6.45) is -5.53. The second-order valence-corrected chi connectivity index (χ2v) is 2.60. The third-order valence-corrected chi connectivity index (χ3v) is 1.72. The number of alkyl halides is 3. The Kier molecular flexibility index (Phi) is 2.03. The Morgan fingerprint density at radius 1 is 1.50 bits per heavy atom. The summed E-state index contributed by atoms with van der Waals surface area (Å²) in [7, 11) is 0. The van der Waals surface area contributed by atoms with E-state index in [1.165, 1.54) is 0 Å². The molecular formula is C6H7F3O3. The third kappa shape index (κ3) is 1.26. The van der Waals surface area contributed by atoms with Crippen molar-refractivity contribution in [1.29, 1.82) is 0 Å². The van der Waals surface area contributed by atoms with Crippen molar-refractivity contribution in [2.45, 2.75) is 24.6 Å². The summed E-state index contributed by atoms with van der Waals surface area (Å²) in [5.74, 6) is -1.60. The van der Waals surface area contributed by atoms with E-state index in [1.807, 2.05) is 0 Å². The molecule has 1 saturated heterocycles. The molecule has 1 heterocycles. The molecule has 1 atom stereocenters. The smallest absolute Gasteiger partial charge is 0.428 e. The van der Waals surface area contributed by atoms with Gasteiger partial charge in [0.15, 0.2) is 0 Å². The first kappa shape index (κ1) is 9.31. The van der Waals surface area contributed by atoms with Gasteiger partial charge >= 0.3 is 12.1 Å².